The molecule has 0 unspecified atom stereocenters. The Morgan fingerprint density at radius 2 is 1.96 bits per heavy atom. The number of hydrogen-bond acceptors (Lipinski definition) is 6. The lowest BCUT2D eigenvalue weighted by Crippen LogP contribution is -2.58. The van der Waals surface area contributed by atoms with Crippen LogP contribution in [-0.4, -0.2) is 35.2 Å². The smallest absolute Gasteiger partial charge is 0.321 e. The Bertz CT molecular complexity index is 729. The number of imide groups is 1. The number of ether oxygens (including phenoxy) is 1. The first-order chi connectivity index (χ1) is 12.9. The Kier molecular flexibility index (Phi) is 4.46. The van der Waals surface area contributed by atoms with Gasteiger partial charge in [0.25, 0.3) is 5.91 Å². The van der Waals surface area contributed by atoms with E-state index in [0.29, 0.717) is 24.0 Å². The van der Waals surface area contributed by atoms with E-state index >= 15 is 0 Å². The van der Waals surface area contributed by atoms with Crippen LogP contribution < -0.4 is 10.6 Å². The number of carbonyl (C=O) groups excluding carboxylic acids is 3. The third-order valence-electron chi connectivity index (χ3n) is 6.05. The van der Waals surface area contributed by atoms with E-state index < -0.39 is 35.5 Å². The zero-order valence-corrected chi connectivity index (χ0v) is 15.0. The molecule has 4 bridgehead atoms. The average Bonchev–Trinajstić information content (AvgIpc) is 3.09. The predicted molar refractivity (Wildman–Crippen MR) is 92.1 cm³/mol. The molecule has 0 spiro atoms. The summed E-state index contributed by atoms with van der Waals surface area (Å²) in [6, 6.07) is 2.71. The van der Waals surface area contributed by atoms with Crippen molar-refractivity contribution in [3.8, 4) is 0 Å². The van der Waals surface area contributed by atoms with Crippen LogP contribution in [0.25, 0.3) is 0 Å². The fourth-order valence-corrected chi connectivity index (χ4v) is 5.52. The van der Waals surface area contributed by atoms with Crippen LogP contribution in [0.1, 0.15) is 44.3 Å². The summed E-state index contributed by atoms with van der Waals surface area (Å²) >= 11 is 0. The Morgan fingerprint density at radius 3 is 2.59 bits per heavy atom. The maximum absolute atomic E-state index is 12.7. The molecule has 1 aromatic rings. The number of nitrogens with one attached hydrogen (secondary N) is 2. The van der Waals surface area contributed by atoms with Crippen molar-refractivity contribution in [2.45, 2.75) is 50.7 Å². The molecule has 0 radical (unpaired) electrons. The molecular formula is C19H24N2O6. The molecule has 4 saturated carbocycles. The van der Waals surface area contributed by atoms with Crippen LogP contribution in [0.5, 0.6) is 0 Å². The van der Waals surface area contributed by atoms with Gasteiger partial charge in [-0.25, -0.2) is 4.79 Å². The summed E-state index contributed by atoms with van der Waals surface area (Å²) < 4.78 is 10.3. The number of amides is 3. The largest absolute Gasteiger partial charge is 0.467 e. The summed E-state index contributed by atoms with van der Waals surface area (Å²) in [4.78, 5) is 36.3. The van der Waals surface area contributed by atoms with Crippen LogP contribution in [0.3, 0.4) is 0 Å². The number of aliphatic hydroxyl groups is 1. The van der Waals surface area contributed by atoms with Crippen LogP contribution in [0.2, 0.25) is 0 Å². The number of urea groups is 1. The van der Waals surface area contributed by atoms with E-state index in [4.69, 9.17) is 9.15 Å². The maximum Gasteiger partial charge on any atom is 0.321 e. The molecule has 4 aliphatic carbocycles. The molecule has 27 heavy (non-hydrogen) atoms. The Balaban J connectivity index is 1.25. The van der Waals surface area contributed by atoms with E-state index in [9.17, 15) is 19.5 Å². The topological polar surface area (TPSA) is 118 Å². The van der Waals surface area contributed by atoms with E-state index in [-0.39, 0.29) is 6.54 Å². The highest BCUT2D eigenvalue weighted by Gasteiger charge is 2.60. The van der Waals surface area contributed by atoms with E-state index in [2.05, 4.69) is 10.6 Å². The van der Waals surface area contributed by atoms with Gasteiger partial charge in [-0.15, -0.1) is 0 Å². The monoisotopic (exact) mass is 376 g/mol. The van der Waals surface area contributed by atoms with Crippen LogP contribution in [0, 0.1) is 17.3 Å². The normalized spacial score (nSPS) is 33.5. The first kappa shape index (κ1) is 18.0. The van der Waals surface area contributed by atoms with Crippen molar-refractivity contribution in [2.75, 3.05) is 6.61 Å². The maximum atomic E-state index is 12.7. The lowest BCUT2D eigenvalue weighted by molar-refractivity contribution is -0.196. The molecule has 8 nitrogen and oxygen atoms in total. The quantitative estimate of drug-likeness (QED) is 0.670. The third-order valence-corrected chi connectivity index (χ3v) is 6.05. The predicted octanol–water partition coefficient (Wildman–Crippen LogP) is 1.48. The van der Waals surface area contributed by atoms with Gasteiger partial charge in [0.05, 0.1) is 23.8 Å². The van der Waals surface area contributed by atoms with Crippen LogP contribution in [0.4, 0.5) is 4.79 Å². The fourth-order valence-electron chi connectivity index (χ4n) is 5.52. The lowest BCUT2D eigenvalue weighted by Gasteiger charge is -2.58. The van der Waals surface area contributed by atoms with Crippen molar-refractivity contribution in [3.63, 3.8) is 0 Å². The van der Waals surface area contributed by atoms with E-state index in [1.165, 1.54) is 6.26 Å². The zero-order chi connectivity index (χ0) is 19.1. The van der Waals surface area contributed by atoms with Gasteiger partial charge >= 0.3 is 12.0 Å². The molecule has 146 valence electrons. The van der Waals surface area contributed by atoms with Crippen LogP contribution in [0.15, 0.2) is 22.8 Å². The standard InChI is InChI=1S/C19H24N2O6/c22-15(21-17(24)20-9-14-2-1-3-26-14)10-27-16(23)18-5-12-4-13(6-18)8-19(25,7-12)11-18/h1-3,12-13,25H,4-11H2,(H2,20,21,22,24)/t12-,13-,18?,19?/m1/s1. The van der Waals surface area contributed by atoms with Crippen LogP contribution >= 0.6 is 0 Å². The minimum atomic E-state index is -0.767. The second kappa shape index (κ2) is 6.67. The highest BCUT2D eigenvalue weighted by Crippen LogP contribution is 2.61. The zero-order valence-electron chi connectivity index (χ0n) is 15.0. The number of hydrogen-bond donors (Lipinski definition) is 3. The summed E-state index contributed by atoms with van der Waals surface area (Å²) in [5, 5.41) is 15.3. The first-order valence-corrected chi connectivity index (χ1v) is 9.36. The number of furan rings is 1. The van der Waals surface area contributed by atoms with Gasteiger partial charge < -0.3 is 19.6 Å². The Morgan fingerprint density at radius 1 is 1.22 bits per heavy atom. The van der Waals surface area contributed by atoms with Gasteiger partial charge in [-0.05, 0) is 62.5 Å². The van der Waals surface area contributed by atoms with Crippen molar-refractivity contribution in [3.05, 3.63) is 24.2 Å². The molecule has 3 amide bonds. The summed E-state index contributed by atoms with van der Waals surface area (Å²) in [6.07, 6.45) is 5.92. The van der Waals surface area contributed by atoms with Gasteiger partial charge in [-0.3, -0.25) is 14.9 Å². The molecule has 0 aliphatic heterocycles. The van der Waals surface area contributed by atoms with Gasteiger partial charge in [-0.2, -0.15) is 0 Å². The van der Waals surface area contributed by atoms with Crippen molar-refractivity contribution in [2.24, 2.45) is 17.3 Å². The minimum absolute atomic E-state index is 0.149. The second-order valence-electron chi connectivity index (χ2n) is 8.35. The summed E-state index contributed by atoms with van der Waals surface area (Å²) in [7, 11) is 0. The molecule has 1 heterocycles. The van der Waals surface area contributed by atoms with E-state index in [1.54, 1.807) is 12.1 Å². The molecule has 0 saturated heterocycles. The van der Waals surface area contributed by atoms with Gasteiger partial charge in [0.2, 0.25) is 0 Å². The molecule has 4 fully saturated rings. The first-order valence-electron chi connectivity index (χ1n) is 9.36. The Hall–Kier alpha value is -2.35. The van der Waals surface area contributed by atoms with Crippen molar-refractivity contribution in [1.29, 1.82) is 0 Å². The number of carbonyl (C=O) groups is 3. The fraction of sp³-hybridized carbons (Fsp3) is 0.632. The molecular weight excluding hydrogens is 352 g/mol. The Labute approximate surface area is 156 Å². The molecule has 2 atom stereocenters. The third kappa shape index (κ3) is 3.71. The molecule has 8 heteroatoms. The summed E-state index contributed by atoms with van der Waals surface area (Å²) in [5.74, 6) is 0.142. The van der Waals surface area contributed by atoms with E-state index in [0.717, 1.165) is 32.1 Å². The average molecular weight is 376 g/mol. The minimum Gasteiger partial charge on any atom is -0.467 e. The molecule has 0 aromatic carbocycles. The van der Waals surface area contributed by atoms with Crippen LogP contribution in [-0.2, 0) is 20.9 Å². The second-order valence-corrected chi connectivity index (χ2v) is 8.35. The van der Waals surface area contributed by atoms with Crippen molar-refractivity contribution in [1.82, 2.24) is 10.6 Å². The lowest BCUT2D eigenvalue weighted by atomic mass is 9.48. The van der Waals surface area contributed by atoms with Gasteiger partial charge in [0.15, 0.2) is 6.61 Å². The molecule has 1 aromatic heterocycles. The van der Waals surface area contributed by atoms with Gasteiger partial charge in [0.1, 0.15) is 5.76 Å². The number of rotatable bonds is 5. The van der Waals surface area contributed by atoms with E-state index in [1.807, 2.05) is 0 Å². The SMILES string of the molecule is O=C(COC(=O)C12C[C@H]3C[C@@H](CC(O)(C3)C1)C2)NC(=O)NCc1ccco1. The molecule has 4 aliphatic rings. The van der Waals surface area contributed by atoms with Crippen molar-refractivity contribution < 1.29 is 28.6 Å². The highest BCUT2D eigenvalue weighted by atomic mass is 16.5. The molecule has 3 N–H and O–H groups in total. The summed E-state index contributed by atoms with van der Waals surface area (Å²) in [6.45, 7) is -0.362. The highest BCUT2D eigenvalue weighted by molar-refractivity contribution is 5.95. The molecule has 5 rings (SSSR count). The van der Waals surface area contributed by atoms with Gasteiger partial charge in [-0.1, -0.05) is 0 Å². The number of esters is 1. The van der Waals surface area contributed by atoms with Crippen molar-refractivity contribution >= 4 is 17.9 Å². The summed E-state index contributed by atoms with van der Waals surface area (Å²) in [5.41, 5.74) is -1.45. The van der Waals surface area contributed by atoms with Gasteiger partial charge in [0, 0.05) is 0 Å².